The molecule has 0 saturated heterocycles. The third kappa shape index (κ3) is 4.94. The molecule has 0 radical (unpaired) electrons. The lowest BCUT2D eigenvalue weighted by molar-refractivity contribution is 0.0600. The monoisotopic (exact) mass is 490 g/mol. The van der Waals surface area contributed by atoms with E-state index in [9.17, 15) is 4.79 Å². The summed E-state index contributed by atoms with van der Waals surface area (Å²) in [4.78, 5) is 11.7. The summed E-state index contributed by atoms with van der Waals surface area (Å²) < 4.78 is 13.2. The zero-order valence-corrected chi connectivity index (χ0v) is 21.1. The number of fused-ring (bicyclic) bond motifs is 1. The van der Waals surface area contributed by atoms with Crippen molar-refractivity contribution in [1.82, 2.24) is 4.57 Å². The third-order valence-corrected chi connectivity index (χ3v) is 6.79. The van der Waals surface area contributed by atoms with Crippen molar-refractivity contribution in [3.05, 3.63) is 131 Å². The van der Waals surface area contributed by atoms with Gasteiger partial charge in [-0.2, -0.15) is 0 Å². The Bertz CT molecular complexity index is 1470. The first-order chi connectivity index (χ1) is 18.1. The van der Waals surface area contributed by atoms with E-state index in [0.29, 0.717) is 24.3 Å². The normalized spacial score (nSPS) is 11.1. The van der Waals surface area contributed by atoms with Gasteiger partial charge in [0.15, 0.2) is 0 Å². The number of carbonyl (C=O) groups excluding carboxylic acids is 1. The van der Waals surface area contributed by atoms with E-state index in [2.05, 4.69) is 72.2 Å². The molecule has 0 saturated carbocycles. The number of anilines is 1. The molecule has 37 heavy (non-hydrogen) atoms. The minimum absolute atomic E-state index is 0.0223. The van der Waals surface area contributed by atoms with Gasteiger partial charge in [0.1, 0.15) is 5.75 Å². The summed E-state index contributed by atoms with van der Waals surface area (Å²) in [7, 11) is 1.37. The molecule has 5 heteroatoms. The van der Waals surface area contributed by atoms with Crippen molar-refractivity contribution < 1.29 is 14.3 Å². The number of esters is 1. The molecule has 0 aliphatic heterocycles. The maximum Gasteiger partial charge on any atom is 0.337 e. The van der Waals surface area contributed by atoms with Crippen LogP contribution in [0.2, 0.25) is 0 Å². The van der Waals surface area contributed by atoms with Crippen molar-refractivity contribution in [1.29, 1.82) is 0 Å². The summed E-state index contributed by atoms with van der Waals surface area (Å²) in [6, 6.07) is 34.4. The van der Waals surface area contributed by atoms with Gasteiger partial charge in [-0.3, -0.25) is 0 Å². The number of nitrogens with zero attached hydrogens (tertiary/aromatic N) is 1. The predicted octanol–water partition coefficient (Wildman–Crippen LogP) is 6.58. The standard InChI is InChI=1S/C32H30N2O3/c1-22-28(19-20-37-27-16-13-25(14-17-27)32(35)36-2)29-21-26(33)15-18-30(29)34(22)31(23-9-5-3-6-10-23)24-11-7-4-8-12-24/h3-18,21,31H,19-20,33H2,1-2H3. The number of methoxy groups -OCH3 is 1. The SMILES string of the molecule is COC(=O)c1ccc(OCCc2c(C)n(C(c3ccccc3)c3ccccc3)c3ccc(N)cc23)cc1. The first-order valence-corrected chi connectivity index (χ1v) is 12.4. The number of nitrogen functional groups attached to an aromatic ring is 1. The van der Waals surface area contributed by atoms with Gasteiger partial charge in [-0.1, -0.05) is 60.7 Å². The number of carbonyl (C=O) groups is 1. The van der Waals surface area contributed by atoms with Gasteiger partial charge in [0, 0.05) is 28.7 Å². The van der Waals surface area contributed by atoms with Crippen LogP contribution in [0.1, 0.15) is 38.8 Å². The third-order valence-electron chi connectivity index (χ3n) is 6.79. The van der Waals surface area contributed by atoms with Crippen molar-refractivity contribution in [3.8, 4) is 5.75 Å². The van der Waals surface area contributed by atoms with Crippen LogP contribution in [0.15, 0.2) is 103 Å². The summed E-state index contributed by atoms with van der Waals surface area (Å²) in [6.45, 7) is 2.67. The molecule has 1 aromatic heterocycles. The molecule has 5 nitrogen and oxygen atoms in total. The minimum Gasteiger partial charge on any atom is -0.493 e. The number of hydrogen-bond acceptors (Lipinski definition) is 4. The number of hydrogen-bond donors (Lipinski definition) is 1. The number of ether oxygens (including phenoxy) is 2. The summed E-state index contributed by atoms with van der Waals surface area (Å²) in [5.74, 6) is 0.346. The summed E-state index contributed by atoms with van der Waals surface area (Å²) >= 11 is 0. The largest absolute Gasteiger partial charge is 0.493 e. The predicted molar refractivity (Wildman–Crippen MR) is 148 cm³/mol. The number of rotatable bonds is 8. The Balaban J connectivity index is 1.51. The van der Waals surface area contributed by atoms with Crippen LogP contribution in [0.25, 0.3) is 10.9 Å². The highest BCUT2D eigenvalue weighted by Crippen LogP contribution is 2.36. The quantitative estimate of drug-likeness (QED) is 0.197. The van der Waals surface area contributed by atoms with Crippen molar-refractivity contribution in [2.45, 2.75) is 19.4 Å². The van der Waals surface area contributed by atoms with Crippen LogP contribution in [0.3, 0.4) is 0 Å². The van der Waals surface area contributed by atoms with Crippen LogP contribution < -0.4 is 10.5 Å². The van der Waals surface area contributed by atoms with Crippen LogP contribution in [0.4, 0.5) is 5.69 Å². The molecule has 0 atom stereocenters. The van der Waals surface area contributed by atoms with Gasteiger partial charge >= 0.3 is 5.97 Å². The molecular weight excluding hydrogens is 460 g/mol. The smallest absolute Gasteiger partial charge is 0.337 e. The molecule has 2 N–H and O–H groups in total. The van der Waals surface area contributed by atoms with E-state index in [0.717, 1.165) is 16.6 Å². The average Bonchev–Trinajstić information content (AvgIpc) is 3.20. The highest BCUT2D eigenvalue weighted by atomic mass is 16.5. The van der Waals surface area contributed by atoms with E-state index in [1.165, 1.54) is 29.5 Å². The van der Waals surface area contributed by atoms with Gasteiger partial charge in [-0.05, 0) is 66.1 Å². The second-order valence-electron chi connectivity index (χ2n) is 9.05. The summed E-state index contributed by atoms with van der Waals surface area (Å²) in [5.41, 5.74) is 13.5. The van der Waals surface area contributed by atoms with Gasteiger partial charge in [0.05, 0.1) is 25.3 Å². The van der Waals surface area contributed by atoms with Gasteiger partial charge in [0.25, 0.3) is 0 Å². The van der Waals surface area contributed by atoms with E-state index in [4.69, 9.17) is 15.2 Å². The van der Waals surface area contributed by atoms with Crippen LogP contribution in [-0.2, 0) is 11.2 Å². The molecule has 0 fully saturated rings. The average molecular weight is 491 g/mol. The van der Waals surface area contributed by atoms with Gasteiger partial charge in [-0.25, -0.2) is 4.79 Å². The maximum absolute atomic E-state index is 11.7. The molecule has 0 aliphatic rings. The second kappa shape index (κ2) is 10.6. The molecule has 4 aromatic carbocycles. The fourth-order valence-electron chi connectivity index (χ4n) is 5.01. The summed E-state index contributed by atoms with van der Waals surface area (Å²) in [5, 5.41) is 1.14. The van der Waals surface area contributed by atoms with Crippen LogP contribution >= 0.6 is 0 Å². The molecule has 0 amide bonds. The first-order valence-electron chi connectivity index (χ1n) is 12.4. The molecule has 0 aliphatic carbocycles. The van der Waals surface area contributed by atoms with E-state index >= 15 is 0 Å². The lowest BCUT2D eigenvalue weighted by atomic mass is 9.98. The molecule has 0 bridgehead atoms. The van der Waals surface area contributed by atoms with Crippen LogP contribution in [0.5, 0.6) is 5.75 Å². The Kier molecular flexibility index (Phi) is 6.95. The first kappa shape index (κ1) is 24.2. The number of benzene rings is 4. The molecular formula is C32H30N2O3. The van der Waals surface area contributed by atoms with E-state index in [1.54, 1.807) is 24.3 Å². The fourth-order valence-corrected chi connectivity index (χ4v) is 5.01. The topological polar surface area (TPSA) is 66.5 Å². The van der Waals surface area contributed by atoms with Crippen molar-refractivity contribution in [2.24, 2.45) is 0 Å². The molecule has 5 aromatic rings. The second-order valence-corrected chi connectivity index (χ2v) is 9.05. The van der Waals surface area contributed by atoms with Gasteiger partial charge < -0.3 is 19.8 Å². The van der Waals surface area contributed by atoms with E-state index in [1.807, 2.05) is 18.2 Å². The molecule has 0 spiro atoms. The Morgan fingerprint density at radius 3 is 2.08 bits per heavy atom. The Morgan fingerprint density at radius 1 is 0.865 bits per heavy atom. The van der Waals surface area contributed by atoms with Crippen molar-refractivity contribution >= 4 is 22.6 Å². The van der Waals surface area contributed by atoms with Crippen LogP contribution in [-0.4, -0.2) is 24.3 Å². The number of nitrogens with two attached hydrogens (primary N) is 1. The van der Waals surface area contributed by atoms with Crippen molar-refractivity contribution in [2.75, 3.05) is 19.5 Å². The zero-order valence-electron chi connectivity index (χ0n) is 21.1. The molecule has 0 unspecified atom stereocenters. The van der Waals surface area contributed by atoms with Gasteiger partial charge in [0.2, 0.25) is 0 Å². The number of aromatic nitrogens is 1. The van der Waals surface area contributed by atoms with Gasteiger partial charge in [-0.15, -0.1) is 0 Å². The van der Waals surface area contributed by atoms with Crippen LogP contribution in [0, 0.1) is 6.92 Å². The van der Waals surface area contributed by atoms with Crippen molar-refractivity contribution in [3.63, 3.8) is 0 Å². The maximum atomic E-state index is 11.7. The lowest BCUT2D eigenvalue weighted by Gasteiger charge is -2.23. The fraction of sp³-hybridized carbons (Fsp3) is 0.156. The molecule has 1 heterocycles. The lowest BCUT2D eigenvalue weighted by Crippen LogP contribution is -2.14. The Labute approximate surface area is 217 Å². The Hall–Kier alpha value is -4.51. The molecule has 5 rings (SSSR count). The minimum atomic E-state index is -0.362. The highest BCUT2D eigenvalue weighted by molar-refractivity contribution is 5.89. The van der Waals surface area contributed by atoms with E-state index in [-0.39, 0.29) is 12.0 Å². The zero-order chi connectivity index (χ0) is 25.8. The summed E-state index contributed by atoms with van der Waals surface area (Å²) in [6.07, 6.45) is 0.716. The molecule has 186 valence electrons. The Morgan fingerprint density at radius 2 is 1.49 bits per heavy atom. The highest BCUT2D eigenvalue weighted by Gasteiger charge is 2.23. The van der Waals surface area contributed by atoms with E-state index < -0.39 is 0 Å².